The maximum absolute atomic E-state index is 12.5. The lowest BCUT2D eigenvalue weighted by Crippen LogP contribution is -2.51. The summed E-state index contributed by atoms with van der Waals surface area (Å²) in [4.78, 5) is 35.8. The lowest BCUT2D eigenvalue weighted by atomic mass is 9.82. The van der Waals surface area contributed by atoms with E-state index in [1.807, 2.05) is 6.07 Å². The first-order valence-corrected chi connectivity index (χ1v) is 7.72. The summed E-state index contributed by atoms with van der Waals surface area (Å²) in [5.41, 5.74) is 6.13. The first-order chi connectivity index (χ1) is 11.0. The van der Waals surface area contributed by atoms with Gasteiger partial charge in [-0.3, -0.25) is 14.4 Å². The standard InChI is InChI=1S/C17H22N2O4/c1-23-15(11-6-3-2-4-7-11)17(22)19-14(16(18)21)12-8-5-9-13(20)10-12/h2-4,6-7,12,14-15H,5,8-10H2,1H3,(H2,18,21)(H,19,22)/t12-,14-,15-/m0/s1. The monoisotopic (exact) mass is 318 g/mol. The molecule has 1 aliphatic rings. The van der Waals surface area contributed by atoms with Crippen LogP contribution in [0.15, 0.2) is 30.3 Å². The van der Waals surface area contributed by atoms with Crippen LogP contribution in [0.25, 0.3) is 0 Å². The van der Waals surface area contributed by atoms with E-state index in [-0.39, 0.29) is 18.1 Å². The van der Waals surface area contributed by atoms with E-state index in [2.05, 4.69) is 5.32 Å². The van der Waals surface area contributed by atoms with Crippen LogP contribution < -0.4 is 11.1 Å². The molecule has 6 nitrogen and oxygen atoms in total. The fourth-order valence-corrected chi connectivity index (χ4v) is 3.02. The minimum Gasteiger partial charge on any atom is -0.368 e. The molecule has 0 aromatic heterocycles. The molecule has 6 heteroatoms. The Hall–Kier alpha value is -2.21. The number of carbonyl (C=O) groups is 3. The highest BCUT2D eigenvalue weighted by Gasteiger charge is 2.34. The van der Waals surface area contributed by atoms with Gasteiger partial charge in [0.25, 0.3) is 5.91 Å². The van der Waals surface area contributed by atoms with Crippen molar-refractivity contribution < 1.29 is 19.1 Å². The lowest BCUT2D eigenvalue weighted by molar-refractivity contribution is -0.136. The van der Waals surface area contributed by atoms with Gasteiger partial charge < -0.3 is 15.8 Å². The number of hydrogen-bond donors (Lipinski definition) is 2. The first kappa shape index (κ1) is 17.1. The van der Waals surface area contributed by atoms with Gasteiger partial charge in [0.2, 0.25) is 5.91 Å². The molecule has 1 aromatic carbocycles. The van der Waals surface area contributed by atoms with Crippen LogP contribution in [-0.2, 0) is 19.1 Å². The lowest BCUT2D eigenvalue weighted by Gasteiger charge is -2.29. The molecule has 2 rings (SSSR count). The minimum absolute atomic E-state index is 0.105. The van der Waals surface area contributed by atoms with Gasteiger partial charge in [-0.25, -0.2) is 0 Å². The summed E-state index contributed by atoms with van der Waals surface area (Å²) in [5.74, 6) is -1.19. The van der Waals surface area contributed by atoms with Gasteiger partial charge in [-0.15, -0.1) is 0 Å². The van der Waals surface area contributed by atoms with E-state index in [1.54, 1.807) is 24.3 Å². The molecule has 0 heterocycles. The SMILES string of the molecule is CO[C@H](C(=O)N[C@H](C(N)=O)[C@H]1CCCC(=O)C1)c1ccccc1. The second-order valence-electron chi connectivity index (χ2n) is 5.81. The first-order valence-electron chi connectivity index (χ1n) is 7.72. The summed E-state index contributed by atoms with van der Waals surface area (Å²) in [7, 11) is 1.43. The maximum atomic E-state index is 12.5. The molecule has 0 radical (unpaired) electrons. The number of hydrogen-bond acceptors (Lipinski definition) is 4. The third-order valence-corrected chi connectivity index (χ3v) is 4.17. The molecule has 124 valence electrons. The van der Waals surface area contributed by atoms with Crippen LogP contribution in [0, 0.1) is 5.92 Å². The number of rotatable bonds is 6. The number of nitrogens with two attached hydrogens (primary N) is 1. The number of carbonyl (C=O) groups excluding carboxylic acids is 3. The summed E-state index contributed by atoms with van der Waals surface area (Å²) in [6, 6.07) is 8.15. The van der Waals surface area contributed by atoms with E-state index in [1.165, 1.54) is 7.11 Å². The third-order valence-electron chi connectivity index (χ3n) is 4.17. The van der Waals surface area contributed by atoms with Crippen molar-refractivity contribution in [1.82, 2.24) is 5.32 Å². The van der Waals surface area contributed by atoms with E-state index in [9.17, 15) is 14.4 Å². The van der Waals surface area contributed by atoms with Gasteiger partial charge in [0.15, 0.2) is 6.10 Å². The Morgan fingerprint density at radius 3 is 2.57 bits per heavy atom. The van der Waals surface area contributed by atoms with Gasteiger partial charge in [0, 0.05) is 20.0 Å². The summed E-state index contributed by atoms with van der Waals surface area (Å²) >= 11 is 0. The summed E-state index contributed by atoms with van der Waals surface area (Å²) in [6.07, 6.45) is 1.40. The maximum Gasteiger partial charge on any atom is 0.254 e. The predicted octanol–water partition coefficient (Wildman–Crippen LogP) is 1.10. The zero-order valence-electron chi connectivity index (χ0n) is 13.2. The van der Waals surface area contributed by atoms with E-state index in [0.717, 1.165) is 6.42 Å². The van der Waals surface area contributed by atoms with Gasteiger partial charge in [0.1, 0.15) is 11.8 Å². The van der Waals surface area contributed by atoms with Crippen molar-refractivity contribution in [3.63, 3.8) is 0 Å². The molecule has 0 aliphatic heterocycles. The Bertz CT molecular complexity index is 573. The highest BCUT2D eigenvalue weighted by molar-refractivity contribution is 5.90. The smallest absolute Gasteiger partial charge is 0.254 e. The molecule has 1 fully saturated rings. The van der Waals surface area contributed by atoms with Gasteiger partial charge in [-0.05, 0) is 24.3 Å². The number of methoxy groups -OCH3 is 1. The number of ketones is 1. The van der Waals surface area contributed by atoms with Crippen LogP contribution in [0.4, 0.5) is 0 Å². The Morgan fingerprint density at radius 2 is 2.00 bits per heavy atom. The molecule has 1 aliphatic carbocycles. The van der Waals surface area contributed by atoms with E-state index < -0.39 is 24.0 Å². The fraction of sp³-hybridized carbons (Fsp3) is 0.471. The van der Waals surface area contributed by atoms with E-state index >= 15 is 0 Å². The largest absolute Gasteiger partial charge is 0.368 e. The minimum atomic E-state index is -0.854. The zero-order chi connectivity index (χ0) is 16.8. The highest BCUT2D eigenvalue weighted by atomic mass is 16.5. The number of primary amides is 1. The van der Waals surface area contributed by atoms with E-state index in [4.69, 9.17) is 10.5 Å². The van der Waals surface area contributed by atoms with Crippen LogP contribution in [0.3, 0.4) is 0 Å². The average molecular weight is 318 g/mol. The summed E-state index contributed by atoms with van der Waals surface area (Å²) in [6.45, 7) is 0. The molecule has 0 bridgehead atoms. The Balaban J connectivity index is 2.10. The Kier molecular flexibility index (Phi) is 5.87. The average Bonchev–Trinajstić information content (AvgIpc) is 2.54. The quantitative estimate of drug-likeness (QED) is 0.820. The molecular formula is C17H22N2O4. The summed E-state index contributed by atoms with van der Waals surface area (Å²) in [5, 5.41) is 2.67. The predicted molar refractivity (Wildman–Crippen MR) is 84.3 cm³/mol. The molecule has 3 N–H and O–H groups in total. The van der Waals surface area contributed by atoms with Crippen molar-refractivity contribution in [1.29, 1.82) is 0 Å². The number of nitrogens with one attached hydrogen (secondary N) is 1. The third kappa shape index (κ3) is 4.39. The van der Waals surface area contributed by atoms with Crippen molar-refractivity contribution in [2.45, 2.75) is 37.8 Å². The Morgan fingerprint density at radius 1 is 1.30 bits per heavy atom. The van der Waals surface area contributed by atoms with Gasteiger partial charge in [-0.2, -0.15) is 0 Å². The van der Waals surface area contributed by atoms with Crippen molar-refractivity contribution >= 4 is 17.6 Å². The number of ether oxygens (including phenoxy) is 1. The topological polar surface area (TPSA) is 98.5 Å². The van der Waals surface area contributed by atoms with Crippen molar-refractivity contribution in [2.24, 2.45) is 11.7 Å². The molecule has 1 saturated carbocycles. The second-order valence-corrected chi connectivity index (χ2v) is 5.81. The van der Waals surface area contributed by atoms with E-state index in [0.29, 0.717) is 18.4 Å². The van der Waals surface area contributed by atoms with Crippen LogP contribution in [0.2, 0.25) is 0 Å². The fourth-order valence-electron chi connectivity index (χ4n) is 3.02. The number of amides is 2. The highest BCUT2D eigenvalue weighted by Crippen LogP contribution is 2.25. The van der Waals surface area contributed by atoms with Crippen molar-refractivity contribution in [3.8, 4) is 0 Å². The number of Topliss-reactive ketones (excluding diaryl/α,β-unsaturated/α-hetero) is 1. The second kappa shape index (κ2) is 7.87. The van der Waals surface area contributed by atoms with Crippen LogP contribution in [0.5, 0.6) is 0 Å². The van der Waals surface area contributed by atoms with Crippen molar-refractivity contribution in [3.05, 3.63) is 35.9 Å². The van der Waals surface area contributed by atoms with Gasteiger partial charge in [-0.1, -0.05) is 30.3 Å². The molecule has 0 unspecified atom stereocenters. The molecule has 23 heavy (non-hydrogen) atoms. The Labute approximate surface area is 135 Å². The van der Waals surface area contributed by atoms with Crippen LogP contribution in [-0.4, -0.2) is 30.7 Å². The normalized spacial score (nSPS) is 20.6. The van der Waals surface area contributed by atoms with Crippen LogP contribution in [0.1, 0.15) is 37.4 Å². The molecule has 3 atom stereocenters. The summed E-state index contributed by atoms with van der Waals surface area (Å²) < 4.78 is 5.26. The van der Waals surface area contributed by atoms with Gasteiger partial charge in [0.05, 0.1) is 0 Å². The molecule has 0 saturated heterocycles. The van der Waals surface area contributed by atoms with Gasteiger partial charge >= 0.3 is 0 Å². The molecule has 1 aromatic rings. The molecular weight excluding hydrogens is 296 g/mol. The molecule has 2 amide bonds. The van der Waals surface area contributed by atoms with Crippen molar-refractivity contribution in [2.75, 3.05) is 7.11 Å². The molecule has 0 spiro atoms. The van der Waals surface area contributed by atoms with Crippen LogP contribution >= 0.6 is 0 Å². The number of benzene rings is 1. The zero-order valence-corrected chi connectivity index (χ0v) is 13.2.